The second-order valence-electron chi connectivity index (χ2n) is 8.57. The lowest BCUT2D eigenvalue weighted by Gasteiger charge is -2.27. The van der Waals surface area contributed by atoms with Gasteiger partial charge in [-0.1, -0.05) is 18.2 Å². The fourth-order valence-electron chi connectivity index (χ4n) is 4.46. The van der Waals surface area contributed by atoms with Gasteiger partial charge in [-0.15, -0.1) is 0 Å². The largest absolute Gasteiger partial charge is 0.480 e. The normalized spacial score (nSPS) is 20.1. The van der Waals surface area contributed by atoms with Gasteiger partial charge in [-0.2, -0.15) is 11.8 Å². The molecule has 0 aromatic heterocycles. The van der Waals surface area contributed by atoms with Gasteiger partial charge in [0.25, 0.3) is 0 Å². The van der Waals surface area contributed by atoms with Crippen molar-refractivity contribution in [1.82, 2.24) is 10.6 Å². The van der Waals surface area contributed by atoms with Crippen LogP contribution in [0.5, 0.6) is 0 Å². The molecule has 1 aromatic carbocycles. The van der Waals surface area contributed by atoms with Crippen molar-refractivity contribution in [2.24, 2.45) is 5.92 Å². The molecular formula is C24H35N3O5S. The van der Waals surface area contributed by atoms with E-state index in [0.29, 0.717) is 24.3 Å². The summed E-state index contributed by atoms with van der Waals surface area (Å²) in [5, 5.41) is 16.0. The number of carboxylic acids is 1. The molecule has 2 aliphatic heterocycles. The second-order valence-corrected chi connectivity index (χ2v) is 9.72. The molecule has 1 aromatic rings. The molecular weight excluding hydrogens is 442 g/mol. The number of esters is 1. The topological polar surface area (TPSA) is 108 Å². The Morgan fingerprint density at radius 3 is 2.76 bits per heavy atom. The van der Waals surface area contributed by atoms with Crippen molar-refractivity contribution in [2.75, 3.05) is 42.6 Å². The van der Waals surface area contributed by atoms with E-state index in [1.807, 2.05) is 12.1 Å². The Bertz CT molecular complexity index is 815. The van der Waals surface area contributed by atoms with Crippen LogP contribution in [0.2, 0.25) is 0 Å². The van der Waals surface area contributed by atoms with Crippen LogP contribution >= 0.6 is 11.8 Å². The van der Waals surface area contributed by atoms with E-state index in [9.17, 15) is 19.5 Å². The number of anilines is 1. The highest BCUT2D eigenvalue weighted by Gasteiger charge is 2.34. The van der Waals surface area contributed by atoms with Crippen molar-refractivity contribution >= 4 is 35.3 Å². The first-order valence-corrected chi connectivity index (χ1v) is 13.0. The van der Waals surface area contributed by atoms with Gasteiger partial charge in [0, 0.05) is 11.4 Å². The van der Waals surface area contributed by atoms with E-state index < -0.39 is 24.6 Å². The Kier molecular flexibility index (Phi) is 10.0. The lowest BCUT2D eigenvalue weighted by atomic mass is 9.96. The summed E-state index contributed by atoms with van der Waals surface area (Å²) in [5.41, 5.74) is 1.55. The molecule has 182 valence electrons. The molecule has 1 amide bonds. The van der Waals surface area contributed by atoms with Crippen molar-refractivity contribution < 1.29 is 24.2 Å². The first kappa shape index (κ1) is 25.5. The number of rotatable bonds is 11. The third-order valence-electron chi connectivity index (χ3n) is 6.23. The summed E-state index contributed by atoms with van der Waals surface area (Å²) in [4.78, 5) is 38.8. The van der Waals surface area contributed by atoms with Gasteiger partial charge in [0.05, 0.1) is 12.6 Å². The van der Waals surface area contributed by atoms with Crippen LogP contribution in [0.15, 0.2) is 24.3 Å². The Hall–Kier alpha value is -2.10. The number of nitrogens with one attached hydrogen (secondary N) is 2. The minimum Gasteiger partial charge on any atom is -0.480 e. The third-order valence-corrected chi connectivity index (χ3v) is 7.32. The lowest BCUT2D eigenvalue weighted by Crippen LogP contribution is -2.53. The number of carbonyl (C=O) groups excluding carboxylic acids is 2. The molecule has 2 aliphatic rings. The van der Waals surface area contributed by atoms with E-state index in [-0.39, 0.29) is 18.5 Å². The van der Waals surface area contributed by atoms with Crippen LogP contribution in [0.1, 0.15) is 38.2 Å². The fraction of sp³-hybridized carbons (Fsp3) is 0.625. The highest BCUT2D eigenvalue weighted by Crippen LogP contribution is 2.27. The van der Waals surface area contributed by atoms with Gasteiger partial charge in [0.15, 0.2) is 0 Å². The van der Waals surface area contributed by atoms with Gasteiger partial charge in [-0.25, -0.2) is 0 Å². The van der Waals surface area contributed by atoms with E-state index in [4.69, 9.17) is 4.74 Å². The van der Waals surface area contributed by atoms with Crippen molar-refractivity contribution in [1.29, 1.82) is 0 Å². The molecule has 8 nitrogen and oxygen atoms in total. The Morgan fingerprint density at radius 1 is 1.27 bits per heavy atom. The Morgan fingerprint density at radius 2 is 2.03 bits per heavy atom. The van der Waals surface area contributed by atoms with E-state index in [0.717, 1.165) is 36.7 Å². The monoisotopic (exact) mass is 477 g/mol. The maximum Gasteiger partial charge on any atom is 0.324 e. The van der Waals surface area contributed by atoms with Crippen molar-refractivity contribution in [2.45, 2.75) is 51.1 Å². The molecule has 0 saturated carbocycles. The lowest BCUT2D eigenvalue weighted by molar-refractivity contribution is -0.145. The van der Waals surface area contributed by atoms with Crippen LogP contribution in [-0.4, -0.2) is 72.8 Å². The molecule has 3 N–H and O–H groups in total. The van der Waals surface area contributed by atoms with Gasteiger partial charge in [0.1, 0.15) is 12.6 Å². The molecule has 0 aliphatic carbocycles. The standard InChI is InChI=1S/C24H35N3O5S/c1-2-32-24(31)20(16-33-14-11-17-9-12-25-13-10-17)26-19-8-7-18-5-3-4-6-21(18)27(23(19)30)15-22(28)29/h3-6,17,19-20,25-26H,2,7-16H2,1H3,(H,28,29)/t19?,20-/m0/s1. The molecule has 33 heavy (non-hydrogen) atoms. The summed E-state index contributed by atoms with van der Waals surface area (Å²) in [7, 11) is 0. The maximum absolute atomic E-state index is 13.3. The van der Waals surface area contributed by atoms with Crippen LogP contribution in [0.3, 0.4) is 0 Å². The average Bonchev–Trinajstić information content (AvgIpc) is 2.93. The summed E-state index contributed by atoms with van der Waals surface area (Å²) in [6.07, 6.45) is 4.61. The highest BCUT2D eigenvalue weighted by molar-refractivity contribution is 7.99. The van der Waals surface area contributed by atoms with Gasteiger partial charge in [0.2, 0.25) is 5.91 Å². The summed E-state index contributed by atoms with van der Waals surface area (Å²) >= 11 is 1.70. The zero-order chi connectivity index (χ0) is 23.6. The molecule has 0 radical (unpaired) electrons. The van der Waals surface area contributed by atoms with Gasteiger partial charge in [-0.3, -0.25) is 24.6 Å². The smallest absolute Gasteiger partial charge is 0.324 e. The number of nitrogens with zero attached hydrogens (tertiary/aromatic N) is 1. The number of aliphatic carboxylic acids is 1. The molecule has 1 fully saturated rings. The zero-order valence-electron chi connectivity index (χ0n) is 19.3. The SMILES string of the molecule is CCOC(=O)[C@H](CSCCC1CCNCC1)NC1CCc2ccccc2N(CC(=O)O)C1=O. The average molecular weight is 478 g/mol. The molecule has 1 unspecified atom stereocenters. The maximum atomic E-state index is 13.3. The van der Waals surface area contributed by atoms with Gasteiger partial charge in [-0.05, 0) is 75.4 Å². The number of fused-ring (bicyclic) bond motifs is 1. The number of hydrogen-bond acceptors (Lipinski definition) is 7. The summed E-state index contributed by atoms with van der Waals surface area (Å²) < 4.78 is 5.27. The van der Waals surface area contributed by atoms with Crippen LogP contribution in [0.4, 0.5) is 5.69 Å². The zero-order valence-corrected chi connectivity index (χ0v) is 20.1. The number of ether oxygens (including phenoxy) is 1. The quantitative estimate of drug-likeness (QED) is 0.328. The van der Waals surface area contributed by atoms with Crippen molar-refractivity contribution in [3.63, 3.8) is 0 Å². The minimum absolute atomic E-state index is 0.270. The fourth-order valence-corrected chi connectivity index (χ4v) is 5.59. The van der Waals surface area contributed by atoms with Crippen LogP contribution in [0.25, 0.3) is 0 Å². The summed E-state index contributed by atoms with van der Waals surface area (Å²) in [6.45, 7) is 3.76. The number of carboxylic acid groups (broad SMARTS) is 1. The number of thioether (sulfide) groups is 1. The minimum atomic E-state index is -1.07. The second kappa shape index (κ2) is 13.0. The number of carbonyl (C=O) groups is 3. The summed E-state index contributed by atoms with van der Waals surface area (Å²) in [6, 6.07) is 6.10. The Balaban J connectivity index is 1.65. The molecule has 1 saturated heterocycles. The molecule has 3 rings (SSSR count). The highest BCUT2D eigenvalue weighted by atomic mass is 32.2. The number of amides is 1. The number of para-hydroxylation sites is 1. The molecule has 2 atom stereocenters. The van der Waals surface area contributed by atoms with Crippen LogP contribution < -0.4 is 15.5 Å². The van der Waals surface area contributed by atoms with E-state index >= 15 is 0 Å². The molecule has 2 heterocycles. The summed E-state index contributed by atoms with van der Waals surface area (Å²) in [5.74, 6) is 0.424. The molecule has 9 heteroatoms. The first-order chi connectivity index (χ1) is 16.0. The predicted molar refractivity (Wildman–Crippen MR) is 130 cm³/mol. The van der Waals surface area contributed by atoms with E-state index in [1.165, 1.54) is 17.7 Å². The number of hydrogen-bond donors (Lipinski definition) is 3. The predicted octanol–water partition coefficient (Wildman–Crippen LogP) is 2.06. The molecule has 0 bridgehead atoms. The number of benzene rings is 1. The Labute approximate surface area is 199 Å². The number of aryl methyl sites for hydroxylation is 1. The number of piperidine rings is 1. The van der Waals surface area contributed by atoms with E-state index in [1.54, 1.807) is 30.8 Å². The molecule has 0 spiro atoms. The van der Waals surface area contributed by atoms with Crippen molar-refractivity contribution in [3.8, 4) is 0 Å². The third kappa shape index (κ3) is 7.45. The van der Waals surface area contributed by atoms with Gasteiger partial charge < -0.3 is 15.2 Å². The van der Waals surface area contributed by atoms with Crippen LogP contribution in [-0.2, 0) is 25.5 Å². The van der Waals surface area contributed by atoms with E-state index in [2.05, 4.69) is 10.6 Å². The van der Waals surface area contributed by atoms with Crippen molar-refractivity contribution in [3.05, 3.63) is 29.8 Å². The first-order valence-electron chi connectivity index (χ1n) is 11.8. The van der Waals surface area contributed by atoms with Crippen LogP contribution in [0, 0.1) is 5.92 Å². The van der Waals surface area contributed by atoms with Gasteiger partial charge >= 0.3 is 11.9 Å².